The Balaban J connectivity index is 1.68. The number of hydrogen-bond acceptors (Lipinski definition) is 3. The molecule has 1 saturated heterocycles. The minimum atomic E-state index is -0.495. The van der Waals surface area contributed by atoms with E-state index in [-0.39, 0.29) is 17.1 Å². The van der Waals surface area contributed by atoms with Gasteiger partial charge in [-0.25, -0.2) is 0 Å². The van der Waals surface area contributed by atoms with Crippen molar-refractivity contribution in [3.63, 3.8) is 0 Å². The van der Waals surface area contributed by atoms with Crippen LogP contribution in [-0.4, -0.2) is 35.5 Å². The molecule has 2 heterocycles. The van der Waals surface area contributed by atoms with Crippen molar-refractivity contribution in [3.05, 3.63) is 29.8 Å². The van der Waals surface area contributed by atoms with Crippen molar-refractivity contribution >= 4 is 17.5 Å². The Morgan fingerprint density at radius 2 is 1.75 bits per heavy atom. The van der Waals surface area contributed by atoms with Gasteiger partial charge < -0.3 is 15.5 Å². The SMILES string of the molecule is CC1(C)CC(NC(=O)C(=O)N2CCc3ccccc32)CC(C)(C)N1. The molecule has 0 spiro atoms. The van der Waals surface area contributed by atoms with Gasteiger partial charge in [0, 0.05) is 29.4 Å². The van der Waals surface area contributed by atoms with Crippen LogP contribution in [0.15, 0.2) is 24.3 Å². The topological polar surface area (TPSA) is 61.4 Å². The number of anilines is 1. The first-order valence-corrected chi connectivity index (χ1v) is 8.66. The molecule has 0 saturated carbocycles. The van der Waals surface area contributed by atoms with Crippen LogP contribution in [0.25, 0.3) is 0 Å². The zero-order valence-electron chi connectivity index (χ0n) is 15.0. The van der Waals surface area contributed by atoms with Gasteiger partial charge in [-0.05, 0) is 58.6 Å². The Morgan fingerprint density at radius 1 is 1.12 bits per heavy atom. The molecule has 1 aromatic rings. The van der Waals surface area contributed by atoms with Crippen molar-refractivity contribution in [1.82, 2.24) is 10.6 Å². The summed E-state index contributed by atoms with van der Waals surface area (Å²) in [6.45, 7) is 9.10. The van der Waals surface area contributed by atoms with E-state index in [9.17, 15) is 9.59 Å². The van der Waals surface area contributed by atoms with Gasteiger partial charge in [0.1, 0.15) is 0 Å². The smallest absolute Gasteiger partial charge is 0.316 e. The molecule has 2 N–H and O–H groups in total. The highest BCUT2D eigenvalue weighted by Crippen LogP contribution is 2.29. The van der Waals surface area contributed by atoms with Gasteiger partial charge in [0.05, 0.1) is 0 Å². The predicted octanol–water partition coefficient (Wildman–Crippen LogP) is 2.00. The van der Waals surface area contributed by atoms with Crippen LogP contribution >= 0.6 is 0 Å². The monoisotopic (exact) mass is 329 g/mol. The number of carbonyl (C=O) groups is 2. The van der Waals surface area contributed by atoms with Gasteiger partial charge in [-0.15, -0.1) is 0 Å². The lowest BCUT2D eigenvalue weighted by Crippen LogP contribution is -2.63. The van der Waals surface area contributed by atoms with Crippen LogP contribution in [0.2, 0.25) is 0 Å². The number of piperidine rings is 1. The molecule has 24 heavy (non-hydrogen) atoms. The zero-order chi connectivity index (χ0) is 17.5. The van der Waals surface area contributed by atoms with Gasteiger partial charge in [0.25, 0.3) is 0 Å². The number of rotatable bonds is 1. The predicted molar refractivity (Wildman–Crippen MR) is 95.0 cm³/mol. The second kappa shape index (κ2) is 5.88. The molecule has 2 aliphatic rings. The van der Waals surface area contributed by atoms with Gasteiger partial charge in [0.15, 0.2) is 0 Å². The zero-order valence-corrected chi connectivity index (χ0v) is 15.0. The maximum atomic E-state index is 12.6. The molecule has 5 nitrogen and oxygen atoms in total. The van der Waals surface area contributed by atoms with Crippen molar-refractivity contribution < 1.29 is 9.59 Å². The van der Waals surface area contributed by atoms with Crippen LogP contribution in [0.5, 0.6) is 0 Å². The first kappa shape index (κ1) is 17.0. The van der Waals surface area contributed by atoms with Crippen LogP contribution in [-0.2, 0) is 16.0 Å². The molecule has 0 aromatic heterocycles. The largest absolute Gasteiger partial charge is 0.345 e. The number of nitrogens with zero attached hydrogens (tertiary/aromatic N) is 1. The summed E-state index contributed by atoms with van der Waals surface area (Å²) in [5.74, 6) is -0.945. The minimum absolute atomic E-state index is 0.00514. The molecular formula is C19H27N3O2. The second-order valence-corrected chi connectivity index (χ2v) is 8.31. The number of nitrogens with one attached hydrogen (secondary N) is 2. The first-order valence-electron chi connectivity index (χ1n) is 8.66. The lowest BCUT2D eigenvalue weighted by molar-refractivity contribution is -0.138. The van der Waals surface area contributed by atoms with E-state index in [4.69, 9.17) is 0 Å². The molecule has 0 radical (unpaired) electrons. The quantitative estimate of drug-likeness (QED) is 0.775. The van der Waals surface area contributed by atoms with Crippen LogP contribution in [0.3, 0.4) is 0 Å². The van der Waals surface area contributed by atoms with E-state index in [2.05, 4.69) is 38.3 Å². The summed E-state index contributed by atoms with van der Waals surface area (Å²) in [4.78, 5) is 26.7. The molecule has 2 aliphatic heterocycles. The Kier molecular flexibility index (Phi) is 4.16. The molecule has 1 aromatic carbocycles. The van der Waals surface area contributed by atoms with E-state index < -0.39 is 11.8 Å². The van der Waals surface area contributed by atoms with Crippen LogP contribution < -0.4 is 15.5 Å². The van der Waals surface area contributed by atoms with Gasteiger partial charge in [0.2, 0.25) is 0 Å². The van der Waals surface area contributed by atoms with E-state index in [0.717, 1.165) is 30.5 Å². The van der Waals surface area contributed by atoms with E-state index >= 15 is 0 Å². The summed E-state index contributed by atoms with van der Waals surface area (Å²) >= 11 is 0. The van der Waals surface area contributed by atoms with Crippen molar-refractivity contribution in [1.29, 1.82) is 0 Å². The maximum absolute atomic E-state index is 12.6. The van der Waals surface area contributed by atoms with E-state index in [1.807, 2.05) is 24.3 Å². The van der Waals surface area contributed by atoms with Gasteiger partial charge in [-0.2, -0.15) is 0 Å². The normalized spacial score (nSPS) is 22.1. The summed E-state index contributed by atoms with van der Waals surface area (Å²) in [5.41, 5.74) is 1.86. The molecule has 0 aliphatic carbocycles. The first-order chi connectivity index (χ1) is 11.2. The molecule has 2 amide bonds. The molecule has 0 unspecified atom stereocenters. The number of para-hydroxylation sites is 1. The third-order valence-electron chi connectivity index (χ3n) is 4.85. The summed E-state index contributed by atoms with van der Waals surface area (Å²) < 4.78 is 0. The lowest BCUT2D eigenvalue weighted by atomic mass is 9.79. The average molecular weight is 329 g/mol. The van der Waals surface area contributed by atoms with E-state index in [1.165, 1.54) is 0 Å². The fourth-order valence-electron chi connectivity index (χ4n) is 4.34. The minimum Gasteiger partial charge on any atom is -0.345 e. The fraction of sp³-hybridized carbons (Fsp3) is 0.579. The fourth-order valence-corrected chi connectivity index (χ4v) is 4.34. The number of fused-ring (bicyclic) bond motifs is 1. The van der Waals surface area contributed by atoms with Crippen LogP contribution in [0, 0.1) is 0 Å². The number of hydrogen-bond donors (Lipinski definition) is 2. The number of benzene rings is 1. The van der Waals surface area contributed by atoms with Gasteiger partial charge >= 0.3 is 11.8 Å². The highest BCUT2D eigenvalue weighted by Gasteiger charge is 2.39. The Bertz CT molecular complexity index is 650. The molecule has 130 valence electrons. The van der Waals surface area contributed by atoms with Gasteiger partial charge in [-0.1, -0.05) is 18.2 Å². The molecule has 1 fully saturated rings. The van der Waals surface area contributed by atoms with E-state index in [0.29, 0.717) is 6.54 Å². The standard InChI is InChI=1S/C19H27N3O2/c1-18(2)11-14(12-19(3,4)21-18)20-16(23)17(24)22-10-9-13-7-5-6-8-15(13)22/h5-8,14,21H,9-12H2,1-4H3,(H,20,23). The van der Waals surface area contributed by atoms with Crippen molar-refractivity contribution in [2.45, 2.75) is 64.1 Å². The van der Waals surface area contributed by atoms with Gasteiger partial charge in [-0.3, -0.25) is 9.59 Å². The molecule has 5 heteroatoms. The van der Waals surface area contributed by atoms with Crippen LogP contribution in [0.1, 0.15) is 46.1 Å². The average Bonchev–Trinajstić information content (AvgIpc) is 2.86. The summed E-state index contributed by atoms with van der Waals surface area (Å²) in [6.07, 6.45) is 2.43. The second-order valence-electron chi connectivity index (χ2n) is 8.31. The number of amides is 2. The summed E-state index contributed by atoms with van der Waals surface area (Å²) in [6, 6.07) is 7.79. The number of carbonyl (C=O) groups excluding carboxylic acids is 2. The summed E-state index contributed by atoms with van der Waals surface area (Å²) in [7, 11) is 0. The molecular weight excluding hydrogens is 302 g/mol. The molecule has 3 rings (SSSR count). The van der Waals surface area contributed by atoms with Crippen molar-refractivity contribution in [3.8, 4) is 0 Å². The Morgan fingerprint density at radius 3 is 2.42 bits per heavy atom. The third kappa shape index (κ3) is 3.46. The third-order valence-corrected chi connectivity index (χ3v) is 4.85. The highest BCUT2D eigenvalue weighted by atomic mass is 16.2. The highest BCUT2D eigenvalue weighted by molar-refractivity contribution is 6.40. The van der Waals surface area contributed by atoms with Crippen LogP contribution in [0.4, 0.5) is 5.69 Å². The van der Waals surface area contributed by atoms with Crippen molar-refractivity contribution in [2.75, 3.05) is 11.4 Å². The Labute approximate surface area is 143 Å². The lowest BCUT2D eigenvalue weighted by Gasteiger charge is -2.46. The molecule has 0 atom stereocenters. The maximum Gasteiger partial charge on any atom is 0.316 e. The van der Waals surface area contributed by atoms with Crippen molar-refractivity contribution in [2.24, 2.45) is 0 Å². The summed E-state index contributed by atoms with van der Waals surface area (Å²) in [5, 5.41) is 6.55. The molecule has 0 bridgehead atoms. The van der Waals surface area contributed by atoms with E-state index in [1.54, 1.807) is 4.90 Å². The Hall–Kier alpha value is -1.88.